The fraction of sp³-hybridized carbons (Fsp3) is 0.406. The molecule has 0 N–H and O–H groups in total. The molecule has 1 amide bonds. The van der Waals surface area contributed by atoms with E-state index in [9.17, 15) is 13.6 Å². The van der Waals surface area contributed by atoms with Crippen LogP contribution in [0.3, 0.4) is 0 Å². The lowest BCUT2D eigenvalue weighted by Gasteiger charge is -2.37. The standard InChI is InChI=1S/C32H36F2N4O2/c1-4-40-30-14-5-25(21-35-30)24-16-18-37(19-17-24)22(2)15-20-38-23(3)36-32(31(38)39,26-6-10-28(33)11-7-26)27-8-12-29(34)13-9-27/h5-14,21-22,24H,4,15-20H2,1-3H3. The Bertz CT molecular complexity index is 1290. The first kappa shape index (κ1) is 27.9. The van der Waals surface area contributed by atoms with Gasteiger partial charge in [-0.2, -0.15) is 0 Å². The monoisotopic (exact) mass is 546 g/mol. The van der Waals surface area contributed by atoms with Crippen LogP contribution in [-0.2, 0) is 10.3 Å². The number of benzene rings is 2. The van der Waals surface area contributed by atoms with Gasteiger partial charge >= 0.3 is 0 Å². The Morgan fingerprint density at radius 2 is 1.57 bits per heavy atom. The first-order valence-corrected chi connectivity index (χ1v) is 14.0. The maximum absolute atomic E-state index is 14.1. The predicted molar refractivity (Wildman–Crippen MR) is 151 cm³/mol. The first-order valence-electron chi connectivity index (χ1n) is 14.0. The Kier molecular flexibility index (Phi) is 8.26. The molecule has 1 atom stereocenters. The van der Waals surface area contributed by atoms with E-state index in [0.717, 1.165) is 32.4 Å². The molecule has 1 aromatic heterocycles. The summed E-state index contributed by atoms with van der Waals surface area (Å²) in [6, 6.07) is 16.0. The Hall–Kier alpha value is -3.65. The van der Waals surface area contributed by atoms with Gasteiger partial charge in [-0.1, -0.05) is 30.3 Å². The number of halogens is 2. The number of hydrogen-bond acceptors (Lipinski definition) is 5. The number of piperidine rings is 1. The molecule has 1 fully saturated rings. The normalized spacial score (nSPS) is 18.6. The highest BCUT2D eigenvalue weighted by Gasteiger charge is 2.50. The van der Waals surface area contributed by atoms with Crippen LogP contribution >= 0.6 is 0 Å². The summed E-state index contributed by atoms with van der Waals surface area (Å²) in [4.78, 5) is 27.5. The molecular weight excluding hydrogens is 510 g/mol. The SMILES string of the molecule is CCOc1ccc(C2CCN(C(C)CCN3C(=O)C(c4ccc(F)cc4)(c4ccc(F)cc4)N=C3C)CC2)cn1. The average Bonchev–Trinajstić information content (AvgIpc) is 3.23. The van der Waals surface area contributed by atoms with Crippen molar-refractivity contribution in [2.75, 3.05) is 26.2 Å². The highest BCUT2D eigenvalue weighted by atomic mass is 19.1. The van der Waals surface area contributed by atoms with Gasteiger partial charge < -0.3 is 9.64 Å². The minimum absolute atomic E-state index is 0.197. The van der Waals surface area contributed by atoms with Crippen LogP contribution in [0.25, 0.3) is 0 Å². The smallest absolute Gasteiger partial charge is 0.265 e. The summed E-state index contributed by atoms with van der Waals surface area (Å²) in [6.45, 7) is 9.07. The summed E-state index contributed by atoms with van der Waals surface area (Å²) in [7, 11) is 0. The molecule has 6 nitrogen and oxygen atoms in total. The van der Waals surface area contributed by atoms with Gasteiger partial charge in [0, 0.05) is 24.8 Å². The van der Waals surface area contributed by atoms with Crippen LogP contribution in [0.2, 0.25) is 0 Å². The number of aliphatic imine (C=N–C) groups is 1. The van der Waals surface area contributed by atoms with E-state index >= 15 is 0 Å². The predicted octanol–water partition coefficient (Wildman–Crippen LogP) is 5.92. The van der Waals surface area contributed by atoms with E-state index in [1.165, 1.54) is 29.8 Å². The lowest BCUT2D eigenvalue weighted by atomic mass is 9.82. The highest BCUT2D eigenvalue weighted by molar-refractivity contribution is 6.09. The van der Waals surface area contributed by atoms with Gasteiger partial charge in [0.05, 0.1) is 6.61 Å². The lowest BCUT2D eigenvalue weighted by molar-refractivity contribution is -0.130. The number of rotatable bonds is 9. The fourth-order valence-electron chi connectivity index (χ4n) is 5.92. The number of amides is 1. The van der Waals surface area contributed by atoms with Crippen LogP contribution in [0.15, 0.2) is 71.9 Å². The molecular formula is C32H36F2N4O2. The number of pyridine rings is 1. The van der Waals surface area contributed by atoms with Gasteiger partial charge in [-0.15, -0.1) is 0 Å². The van der Waals surface area contributed by atoms with Crippen molar-refractivity contribution in [2.24, 2.45) is 4.99 Å². The second-order valence-electron chi connectivity index (χ2n) is 10.7. The minimum Gasteiger partial charge on any atom is -0.478 e. The molecule has 3 heterocycles. The molecule has 3 aromatic rings. The Morgan fingerprint density at radius 1 is 0.975 bits per heavy atom. The molecule has 40 heavy (non-hydrogen) atoms. The van der Waals surface area contributed by atoms with Crippen LogP contribution in [0.4, 0.5) is 8.78 Å². The van der Waals surface area contributed by atoms with E-state index in [4.69, 9.17) is 9.73 Å². The maximum atomic E-state index is 14.1. The maximum Gasteiger partial charge on any atom is 0.265 e. The lowest BCUT2D eigenvalue weighted by Crippen LogP contribution is -2.44. The first-order chi connectivity index (χ1) is 19.3. The van der Waals surface area contributed by atoms with Crippen molar-refractivity contribution in [3.8, 4) is 5.88 Å². The van der Waals surface area contributed by atoms with Gasteiger partial charge in [-0.05, 0) is 100.0 Å². The van der Waals surface area contributed by atoms with Crippen molar-refractivity contribution < 1.29 is 18.3 Å². The number of carbonyl (C=O) groups is 1. The third kappa shape index (κ3) is 5.50. The molecule has 8 heteroatoms. The summed E-state index contributed by atoms with van der Waals surface area (Å²) in [5.74, 6) is 0.767. The zero-order chi connectivity index (χ0) is 28.3. The molecule has 5 rings (SSSR count). The Balaban J connectivity index is 1.25. The average molecular weight is 547 g/mol. The second-order valence-corrected chi connectivity index (χ2v) is 10.7. The van der Waals surface area contributed by atoms with Crippen molar-refractivity contribution >= 4 is 11.7 Å². The fourth-order valence-corrected chi connectivity index (χ4v) is 5.92. The van der Waals surface area contributed by atoms with Crippen molar-refractivity contribution in [3.63, 3.8) is 0 Å². The summed E-state index contributed by atoms with van der Waals surface area (Å²) in [5.41, 5.74) is 1.01. The van der Waals surface area contributed by atoms with Gasteiger partial charge in [-0.3, -0.25) is 9.69 Å². The van der Waals surface area contributed by atoms with E-state index in [0.29, 0.717) is 41.9 Å². The third-order valence-corrected chi connectivity index (χ3v) is 8.25. The van der Waals surface area contributed by atoms with Gasteiger partial charge in [0.15, 0.2) is 5.54 Å². The van der Waals surface area contributed by atoms with E-state index in [1.807, 2.05) is 26.1 Å². The molecule has 0 saturated carbocycles. The number of aromatic nitrogens is 1. The van der Waals surface area contributed by atoms with E-state index in [-0.39, 0.29) is 11.9 Å². The molecule has 2 aliphatic rings. The quantitative estimate of drug-likeness (QED) is 0.334. The zero-order valence-corrected chi connectivity index (χ0v) is 23.3. The zero-order valence-electron chi connectivity index (χ0n) is 23.3. The number of nitrogens with zero attached hydrogens (tertiary/aromatic N) is 4. The molecule has 2 aliphatic heterocycles. The molecule has 0 bridgehead atoms. The molecule has 210 valence electrons. The topological polar surface area (TPSA) is 58.0 Å². The van der Waals surface area contributed by atoms with Crippen LogP contribution in [0, 0.1) is 11.6 Å². The largest absolute Gasteiger partial charge is 0.478 e. The summed E-state index contributed by atoms with van der Waals surface area (Å²) >= 11 is 0. The Morgan fingerprint density at radius 3 is 2.10 bits per heavy atom. The van der Waals surface area contributed by atoms with Crippen LogP contribution < -0.4 is 4.74 Å². The van der Waals surface area contributed by atoms with Gasteiger partial charge in [0.1, 0.15) is 17.5 Å². The van der Waals surface area contributed by atoms with E-state index in [1.54, 1.807) is 29.2 Å². The number of amidine groups is 1. The number of likely N-dealkylation sites (tertiary alicyclic amines) is 1. The van der Waals surface area contributed by atoms with Gasteiger partial charge in [0.2, 0.25) is 5.88 Å². The van der Waals surface area contributed by atoms with Crippen LogP contribution in [0.5, 0.6) is 5.88 Å². The molecule has 1 saturated heterocycles. The van der Waals surface area contributed by atoms with Crippen LogP contribution in [-0.4, -0.2) is 58.8 Å². The number of hydrogen-bond donors (Lipinski definition) is 0. The van der Waals surface area contributed by atoms with E-state index < -0.39 is 17.2 Å². The molecule has 0 spiro atoms. The summed E-state index contributed by atoms with van der Waals surface area (Å²) in [5, 5.41) is 0. The summed E-state index contributed by atoms with van der Waals surface area (Å²) in [6.07, 6.45) is 4.84. The molecule has 2 aromatic carbocycles. The minimum atomic E-state index is -1.36. The third-order valence-electron chi connectivity index (χ3n) is 8.25. The number of ether oxygens (including phenoxy) is 1. The second kappa shape index (κ2) is 11.8. The van der Waals surface area contributed by atoms with Crippen molar-refractivity contribution in [1.82, 2.24) is 14.8 Å². The van der Waals surface area contributed by atoms with E-state index in [2.05, 4.69) is 22.9 Å². The van der Waals surface area contributed by atoms with Crippen molar-refractivity contribution in [3.05, 3.63) is 95.2 Å². The molecule has 1 unspecified atom stereocenters. The van der Waals surface area contributed by atoms with Crippen LogP contribution in [0.1, 0.15) is 62.6 Å². The molecule has 0 radical (unpaired) electrons. The molecule has 0 aliphatic carbocycles. The summed E-state index contributed by atoms with van der Waals surface area (Å²) < 4.78 is 33.0. The Labute approximate surface area is 234 Å². The van der Waals surface area contributed by atoms with Crippen molar-refractivity contribution in [1.29, 1.82) is 0 Å². The van der Waals surface area contributed by atoms with Crippen molar-refractivity contribution in [2.45, 2.75) is 57.5 Å². The van der Waals surface area contributed by atoms with Gasteiger partial charge in [-0.25, -0.2) is 18.8 Å². The highest BCUT2D eigenvalue weighted by Crippen LogP contribution is 2.40. The number of carbonyl (C=O) groups excluding carboxylic acids is 1. The van der Waals surface area contributed by atoms with Gasteiger partial charge in [0.25, 0.3) is 5.91 Å².